The van der Waals surface area contributed by atoms with E-state index in [1.807, 2.05) is 12.1 Å². The number of nitrogens with one attached hydrogen (secondary N) is 1. The van der Waals surface area contributed by atoms with E-state index in [9.17, 15) is 4.79 Å². The second-order valence-corrected chi connectivity index (χ2v) is 3.15. The van der Waals surface area contributed by atoms with Crippen LogP contribution >= 0.6 is 0 Å². The van der Waals surface area contributed by atoms with Gasteiger partial charge in [-0.15, -0.1) is 0 Å². The van der Waals surface area contributed by atoms with Gasteiger partial charge in [0.15, 0.2) is 5.75 Å². The molecule has 1 aliphatic rings. The number of fused-ring (bicyclic) bond motifs is 1. The molecule has 0 radical (unpaired) electrons. The van der Waals surface area contributed by atoms with Crippen molar-refractivity contribution in [2.75, 3.05) is 6.61 Å². The summed E-state index contributed by atoms with van der Waals surface area (Å²) in [5.41, 5.74) is 3.14. The van der Waals surface area contributed by atoms with Crippen LogP contribution in [0.2, 0.25) is 0 Å². The van der Waals surface area contributed by atoms with Crippen LogP contribution < -0.4 is 15.1 Å². The van der Waals surface area contributed by atoms with E-state index in [4.69, 9.17) is 9.57 Å². The van der Waals surface area contributed by atoms with Gasteiger partial charge in [0.2, 0.25) is 5.75 Å². The molecule has 15 heavy (non-hydrogen) atoms. The van der Waals surface area contributed by atoms with Crippen molar-refractivity contribution in [3.8, 4) is 11.5 Å². The molecule has 1 aromatic rings. The Kier molecular flexibility index (Phi) is 2.58. The summed E-state index contributed by atoms with van der Waals surface area (Å²) < 4.78 is 5.39. The lowest BCUT2D eigenvalue weighted by molar-refractivity contribution is -0.128. The second kappa shape index (κ2) is 4.04. The van der Waals surface area contributed by atoms with E-state index in [1.54, 1.807) is 12.1 Å². The van der Waals surface area contributed by atoms with Gasteiger partial charge in [0, 0.05) is 5.56 Å². The lowest BCUT2D eigenvalue weighted by Gasteiger charge is -2.19. The lowest BCUT2D eigenvalue weighted by atomic mass is 10.1. The third-order valence-corrected chi connectivity index (χ3v) is 2.04. The molecule has 2 rings (SSSR count). The van der Waals surface area contributed by atoms with Crippen LogP contribution in [0.4, 0.5) is 0 Å². The Morgan fingerprint density at radius 2 is 2.47 bits per heavy atom. The highest BCUT2D eigenvalue weighted by molar-refractivity contribution is 5.80. The smallest absolute Gasteiger partial charge is 0.257 e. The maximum Gasteiger partial charge on any atom is 0.257 e. The summed E-state index contributed by atoms with van der Waals surface area (Å²) in [5.74, 6) is 1.05. The van der Waals surface area contributed by atoms with Gasteiger partial charge in [-0.1, -0.05) is 24.8 Å². The zero-order valence-electron chi connectivity index (χ0n) is 8.16. The standard InChI is InChI=1S/C11H11NO3/c1-2-6-14-9-5-3-4-8-7-10(13)12-15-11(8)9/h2-5H,1,6-7H2,(H,12,13). The molecular weight excluding hydrogens is 194 g/mol. The monoisotopic (exact) mass is 205 g/mol. The van der Waals surface area contributed by atoms with E-state index < -0.39 is 0 Å². The minimum absolute atomic E-state index is 0.150. The fourth-order valence-electron chi connectivity index (χ4n) is 1.40. The zero-order valence-corrected chi connectivity index (χ0v) is 8.16. The minimum Gasteiger partial charge on any atom is -0.486 e. The first-order valence-electron chi connectivity index (χ1n) is 4.62. The number of carbonyl (C=O) groups is 1. The molecule has 0 fully saturated rings. The van der Waals surface area contributed by atoms with Crippen molar-refractivity contribution >= 4 is 5.91 Å². The highest BCUT2D eigenvalue weighted by Crippen LogP contribution is 2.32. The van der Waals surface area contributed by atoms with Gasteiger partial charge in [-0.05, 0) is 6.07 Å². The Bertz CT molecular complexity index is 401. The number of hydroxylamine groups is 1. The Balaban J connectivity index is 2.28. The normalized spacial score (nSPS) is 13.5. The first kappa shape index (κ1) is 9.58. The van der Waals surface area contributed by atoms with Crippen molar-refractivity contribution in [3.63, 3.8) is 0 Å². The van der Waals surface area contributed by atoms with E-state index in [0.29, 0.717) is 24.5 Å². The minimum atomic E-state index is -0.150. The third-order valence-electron chi connectivity index (χ3n) is 2.04. The van der Waals surface area contributed by atoms with Gasteiger partial charge in [0.25, 0.3) is 5.91 Å². The molecule has 0 aromatic heterocycles. The first-order chi connectivity index (χ1) is 7.31. The van der Waals surface area contributed by atoms with Crippen molar-refractivity contribution < 1.29 is 14.4 Å². The molecule has 0 atom stereocenters. The molecule has 0 aliphatic carbocycles. The van der Waals surface area contributed by atoms with Gasteiger partial charge in [-0.3, -0.25) is 4.79 Å². The highest BCUT2D eigenvalue weighted by atomic mass is 16.7. The van der Waals surface area contributed by atoms with Crippen LogP contribution in [0, 0.1) is 0 Å². The van der Waals surface area contributed by atoms with Crippen molar-refractivity contribution in [1.29, 1.82) is 0 Å². The molecule has 1 amide bonds. The molecule has 78 valence electrons. The van der Waals surface area contributed by atoms with Crippen LogP contribution in [0.3, 0.4) is 0 Å². The van der Waals surface area contributed by atoms with E-state index >= 15 is 0 Å². The van der Waals surface area contributed by atoms with Crippen LogP contribution in [0.5, 0.6) is 11.5 Å². The Labute approximate surface area is 87.5 Å². The van der Waals surface area contributed by atoms with Gasteiger partial charge in [0.05, 0.1) is 6.42 Å². The predicted octanol–water partition coefficient (Wildman–Crippen LogP) is 1.22. The maximum absolute atomic E-state index is 11.1. The summed E-state index contributed by atoms with van der Waals surface area (Å²) in [6.45, 7) is 3.97. The summed E-state index contributed by atoms with van der Waals surface area (Å²) in [6, 6.07) is 5.47. The summed E-state index contributed by atoms with van der Waals surface area (Å²) in [7, 11) is 0. The summed E-state index contributed by atoms with van der Waals surface area (Å²) >= 11 is 0. The fraction of sp³-hybridized carbons (Fsp3) is 0.182. The van der Waals surface area contributed by atoms with Crippen LogP contribution in [0.25, 0.3) is 0 Å². The largest absolute Gasteiger partial charge is 0.486 e. The van der Waals surface area contributed by atoms with Crippen LogP contribution in [-0.2, 0) is 11.2 Å². The number of rotatable bonds is 3. The second-order valence-electron chi connectivity index (χ2n) is 3.15. The molecule has 0 unspecified atom stereocenters. The van der Waals surface area contributed by atoms with Gasteiger partial charge < -0.3 is 9.57 Å². The van der Waals surface area contributed by atoms with Gasteiger partial charge >= 0.3 is 0 Å². The number of hydrogen-bond acceptors (Lipinski definition) is 3. The molecule has 1 aliphatic heterocycles. The quantitative estimate of drug-likeness (QED) is 0.755. The molecule has 0 spiro atoms. The van der Waals surface area contributed by atoms with Gasteiger partial charge in [0.1, 0.15) is 6.61 Å². The first-order valence-corrected chi connectivity index (χ1v) is 4.62. The third kappa shape index (κ3) is 1.93. The molecule has 0 saturated heterocycles. The van der Waals surface area contributed by atoms with Crippen LogP contribution in [0.1, 0.15) is 5.56 Å². The average molecular weight is 205 g/mol. The summed E-state index contributed by atoms with van der Waals surface area (Å²) in [4.78, 5) is 16.2. The van der Waals surface area contributed by atoms with E-state index in [0.717, 1.165) is 5.56 Å². The van der Waals surface area contributed by atoms with Crippen molar-refractivity contribution in [3.05, 3.63) is 36.4 Å². The van der Waals surface area contributed by atoms with Crippen LogP contribution in [0.15, 0.2) is 30.9 Å². The SMILES string of the molecule is C=CCOc1cccc2c1ONC(=O)C2. The van der Waals surface area contributed by atoms with E-state index in [1.165, 1.54) is 0 Å². The fourth-order valence-corrected chi connectivity index (χ4v) is 1.40. The number of amides is 1. The van der Waals surface area contributed by atoms with E-state index in [2.05, 4.69) is 12.1 Å². The molecule has 0 bridgehead atoms. The Morgan fingerprint density at radius 3 is 3.27 bits per heavy atom. The van der Waals surface area contributed by atoms with Gasteiger partial charge in [-0.25, -0.2) is 0 Å². The molecule has 1 heterocycles. The molecule has 1 aromatic carbocycles. The number of para-hydroxylation sites is 1. The maximum atomic E-state index is 11.1. The summed E-state index contributed by atoms with van der Waals surface area (Å²) in [6.07, 6.45) is 1.97. The Hall–Kier alpha value is -1.97. The number of benzene rings is 1. The van der Waals surface area contributed by atoms with Gasteiger partial charge in [-0.2, -0.15) is 5.48 Å². The average Bonchev–Trinajstić information content (AvgIpc) is 2.25. The summed E-state index contributed by atoms with van der Waals surface area (Å²) in [5, 5.41) is 0. The predicted molar refractivity (Wildman–Crippen MR) is 54.6 cm³/mol. The molecular formula is C11H11NO3. The van der Waals surface area contributed by atoms with Crippen molar-refractivity contribution in [1.82, 2.24) is 5.48 Å². The molecule has 0 saturated carbocycles. The van der Waals surface area contributed by atoms with E-state index in [-0.39, 0.29) is 5.91 Å². The highest BCUT2D eigenvalue weighted by Gasteiger charge is 2.20. The molecule has 4 heteroatoms. The molecule has 4 nitrogen and oxygen atoms in total. The Morgan fingerprint density at radius 1 is 1.60 bits per heavy atom. The zero-order chi connectivity index (χ0) is 10.7. The number of ether oxygens (including phenoxy) is 1. The molecule has 1 N–H and O–H groups in total. The number of carbonyl (C=O) groups excluding carboxylic acids is 1. The number of hydrogen-bond donors (Lipinski definition) is 1. The van der Waals surface area contributed by atoms with Crippen molar-refractivity contribution in [2.24, 2.45) is 0 Å². The topological polar surface area (TPSA) is 47.6 Å². The lowest BCUT2D eigenvalue weighted by Crippen LogP contribution is -2.33. The van der Waals surface area contributed by atoms with Crippen molar-refractivity contribution in [2.45, 2.75) is 6.42 Å². The van der Waals surface area contributed by atoms with Crippen LogP contribution in [-0.4, -0.2) is 12.5 Å².